The largest absolute Gasteiger partial charge is 0.298 e. The molecule has 5 nitrogen and oxygen atoms in total. The van der Waals surface area contributed by atoms with Gasteiger partial charge in [-0.2, -0.15) is 0 Å². The molecule has 0 spiro atoms. The van der Waals surface area contributed by atoms with Gasteiger partial charge in [-0.15, -0.1) is 0 Å². The molecular formula is C10H9NO4. The molecule has 0 aliphatic heterocycles. The summed E-state index contributed by atoms with van der Waals surface area (Å²) in [5.74, 6) is -0.349. The van der Waals surface area contributed by atoms with Gasteiger partial charge in [0.25, 0.3) is 5.69 Å². The van der Waals surface area contributed by atoms with E-state index in [0.29, 0.717) is 11.8 Å². The Morgan fingerprint density at radius 2 is 2.07 bits per heavy atom. The van der Waals surface area contributed by atoms with Crippen LogP contribution < -0.4 is 0 Å². The Hall–Kier alpha value is -2.04. The van der Waals surface area contributed by atoms with Crippen molar-refractivity contribution in [1.82, 2.24) is 0 Å². The first-order valence-electron chi connectivity index (χ1n) is 4.23. The van der Waals surface area contributed by atoms with Gasteiger partial charge in [0.05, 0.1) is 4.92 Å². The van der Waals surface area contributed by atoms with Crippen LogP contribution in [0.25, 0.3) is 0 Å². The van der Waals surface area contributed by atoms with Crippen LogP contribution in [0.2, 0.25) is 0 Å². The SMILES string of the molecule is CC(=O)c1c(C)ccc([N+](=O)[O-])c1C=O. The van der Waals surface area contributed by atoms with Gasteiger partial charge in [0.15, 0.2) is 12.1 Å². The second-order valence-electron chi connectivity index (χ2n) is 3.12. The quantitative estimate of drug-likeness (QED) is 0.328. The fourth-order valence-electron chi connectivity index (χ4n) is 1.46. The maximum Gasteiger partial charge on any atom is 0.280 e. The molecule has 0 saturated carbocycles. The van der Waals surface area contributed by atoms with Gasteiger partial charge in [0, 0.05) is 11.6 Å². The Labute approximate surface area is 85.9 Å². The van der Waals surface area contributed by atoms with Crippen molar-refractivity contribution in [3.63, 3.8) is 0 Å². The smallest absolute Gasteiger partial charge is 0.280 e. The standard InChI is InChI=1S/C10H9NO4/c1-6-3-4-9(11(14)15)8(5-12)10(6)7(2)13/h3-5H,1-2H3. The van der Waals surface area contributed by atoms with Crippen LogP contribution in [0.4, 0.5) is 5.69 Å². The maximum absolute atomic E-state index is 11.2. The number of nitro groups is 1. The first kappa shape index (κ1) is 11.0. The Balaban J connectivity index is 3.61. The highest BCUT2D eigenvalue weighted by Crippen LogP contribution is 2.23. The van der Waals surface area contributed by atoms with Gasteiger partial charge in [-0.3, -0.25) is 19.7 Å². The molecule has 0 unspecified atom stereocenters. The number of aryl methyl sites for hydroxylation is 1. The molecule has 0 heterocycles. The molecule has 0 bridgehead atoms. The Morgan fingerprint density at radius 1 is 1.47 bits per heavy atom. The van der Waals surface area contributed by atoms with E-state index in [-0.39, 0.29) is 22.6 Å². The highest BCUT2D eigenvalue weighted by molar-refractivity contribution is 6.04. The van der Waals surface area contributed by atoms with Crippen LogP contribution in [0.15, 0.2) is 12.1 Å². The number of carbonyl (C=O) groups excluding carboxylic acids is 2. The van der Waals surface area contributed by atoms with Gasteiger partial charge in [-0.1, -0.05) is 6.07 Å². The van der Waals surface area contributed by atoms with Crippen LogP contribution in [0.3, 0.4) is 0 Å². The molecule has 0 amide bonds. The maximum atomic E-state index is 11.2. The molecule has 0 atom stereocenters. The minimum Gasteiger partial charge on any atom is -0.298 e. The van der Waals surface area contributed by atoms with Gasteiger partial charge < -0.3 is 0 Å². The van der Waals surface area contributed by atoms with E-state index in [2.05, 4.69) is 0 Å². The first-order valence-corrected chi connectivity index (χ1v) is 4.23. The van der Waals surface area contributed by atoms with Crippen LogP contribution in [0.5, 0.6) is 0 Å². The Kier molecular flexibility index (Phi) is 2.94. The minimum atomic E-state index is -0.671. The Morgan fingerprint density at radius 3 is 2.47 bits per heavy atom. The minimum absolute atomic E-state index is 0.124. The summed E-state index contributed by atoms with van der Waals surface area (Å²) in [4.78, 5) is 31.9. The predicted molar refractivity (Wildman–Crippen MR) is 53.2 cm³/mol. The molecule has 0 fully saturated rings. The number of nitro benzene ring substituents is 1. The van der Waals surface area contributed by atoms with Gasteiger partial charge in [0.2, 0.25) is 0 Å². The summed E-state index contributed by atoms with van der Waals surface area (Å²) in [5.41, 5.74) is 0.211. The molecule has 1 aromatic carbocycles. The molecule has 1 aromatic rings. The summed E-state index contributed by atoms with van der Waals surface area (Å²) < 4.78 is 0. The van der Waals surface area contributed by atoms with Crippen molar-refractivity contribution < 1.29 is 14.5 Å². The first-order chi connectivity index (χ1) is 6.99. The van der Waals surface area contributed by atoms with Crippen LogP contribution in [-0.2, 0) is 0 Å². The lowest BCUT2D eigenvalue weighted by molar-refractivity contribution is -0.385. The monoisotopic (exact) mass is 207 g/mol. The molecule has 5 heteroatoms. The highest BCUT2D eigenvalue weighted by atomic mass is 16.6. The van der Waals surface area contributed by atoms with Gasteiger partial charge in [0.1, 0.15) is 5.56 Å². The fourth-order valence-corrected chi connectivity index (χ4v) is 1.46. The molecule has 15 heavy (non-hydrogen) atoms. The van der Waals surface area contributed by atoms with E-state index in [4.69, 9.17) is 0 Å². The number of carbonyl (C=O) groups is 2. The van der Waals surface area contributed by atoms with E-state index in [1.165, 1.54) is 19.1 Å². The lowest BCUT2D eigenvalue weighted by Gasteiger charge is -2.05. The van der Waals surface area contributed by atoms with Gasteiger partial charge in [-0.05, 0) is 19.4 Å². The number of rotatable bonds is 3. The van der Waals surface area contributed by atoms with E-state index < -0.39 is 4.92 Å². The van der Waals surface area contributed by atoms with E-state index >= 15 is 0 Å². The lowest BCUT2D eigenvalue weighted by Crippen LogP contribution is -2.05. The molecular weight excluding hydrogens is 198 g/mol. The van der Waals surface area contributed by atoms with Crippen molar-refractivity contribution in [3.05, 3.63) is 38.9 Å². The van der Waals surface area contributed by atoms with Crippen LogP contribution in [0.1, 0.15) is 33.2 Å². The number of hydrogen-bond donors (Lipinski definition) is 0. The highest BCUT2D eigenvalue weighted by Gasteiger charge is 2.21. The van der Waals surface area contributed by atoms with Crippen LogP contribution >= 0.6 is 0 Å². The molecule has 0 aliphatic carbocycles. The number of Topliss-reactive ketones (excluding diaryl/α,β-unsaturated/α-hetero) is 1. The van der Waals surface area contributed by atoms with Crippen molar-refractivity contribution in [2.24, 2.45) is 0 Å². The summed E-state index contributed by atoms with van der Waals surface area (Å²) in [7, 11) is 0. The number of ketones is 1. The fraction of sp³-hybridized carbons (Fsp3) is 0.200. The normalized spacial score (nSPS) is 9.73. The third-order valence-corrected chi connectivity index (χ3v) is 2.10. The average molecular weight is 207 g/mol. The molecule has 0 aliphatic rings. The van der Waals surface area contributed by atoms with E-state index in [1.54, 1.807) is 6.92 Å². The third-order valence-electron chi connectivity index (χ3n) is 2.10. The van der Waals surface area contributed by atoms with Gasteiger partial charge in [-0.25, -0.2) is 0 Å². The second kappa shape index (κ2) is 4.00. The van der Waals surface area contributed by atoms with Crippen molar-refractivity contribution in [1.29, 1.82) is 0 Å². The topological polar surface area (TPSA) is 77.3 Å². The van der Waals surface area contributed by atoms with Crippen molar-refractivity contribution in [3.8, 4) is 0 Å². The van der Waals surface area contributed by atoms with E-state index in [9.17, 15) is 19.7 Å². The number of nitrogens with zero attached hydrogens (tertiary/aromatic N) is 1. The van der Waals surface area contributed by atoms with Crippen LogP contribution in [-0.4, -0.2) is 17.0 Å². The van der Waals surface area contributed by atoms with Crippen molar-refractivity contribution in [2.45, 2.75) is 13.8 Å². The number of hydrogen-bond acceptors (Lipinski definition) is 4. The van der Waals surface area contributed by atoms with Crippen molar-refractivity contribution in [2.75, 3.05) is 0 Å². The zero-order valence-electron chi connectivity index (χ0n) is 8.31. The zero-order valence-corrected chi connectivity index (χ0v) is 8.31. The zero-order chi connectivity index (χ0) is 11.6. The summed E-state index contributed by atoms with van der Waals surface area (Å²) in [6.45, 7) is 2.91. The Bertz CT molecular complexity index is 451. The molecule has 0 aromatic heterocycles. The molecule has 78 valence electrons. The van der Waals surface area contributed by atoms with E-state index in [0.717, 1.165) is 0 Å². The summed E-state index contributed by atoms with van der Waals surface area (Å²) in [6, 6.07) is 2.69. The van der Waals surface area contributed by atoms with Crippen LogP contribution in [0, 0.1) is 17.0 Å². The van der Waals surface area contributed by atoms with Crippen molar-refractivity contribution >= 4 is 17.8 Å². The second-order valence-corrected chi connectivity index (χ2v) is 3.12. The predicted octanol–water partition coefficient (Wildman–Crippen LogP) is 1.92. The third kappa shape index (κ3) is 1.90. The molecule has 0 N–H and O–H groups in total. The number of benzene rings is 1. The lowest BCUT2D eigenvalue weighted by atomic mass is 9.98. The summed E-state index contributed by atoms with van der Waals surface area (Å²) in [5, 5.41) is 10.6. The molecule has 1 rings (SSSR count). The number of aldehydes is 1. The van der Waals surface area contributed by atoms with Gasteiger partial charge >= 0.3 is 0 Å². The van der Waals surface area contributed by atoms with E-state index in [1.807, 2.05) is 0 Å². The average Bonchev–Trinajstić information content (AvgIpc) is 2.15. The summed E-state index contributed by atoms with van der Waals surface area (Å²) >= 11 is 0. The summed E-state index contributed by atoms with van der Waals surface area (Å²) in [6.07, 6.45) is 0.349. The molecule has 0 radical (unpaired) electrons. The molecule has 0 saturated heterocycles.